The summed E-state index contributed by atoms with van der Waals surface area (Å²) in [5, 5.41) is 11.7. The van der Waals surface area contributed by atoms with Gasteiger partial charge in [-0.1, -0.05) is 27.7 Å². The second-order valence-electron chi connectivity index (χ2n) is 7.27. The lowest BCUT2D eigenvalue weighted by molar-refractivity contribution is -0.138. The van der Waals surface area contributed by atoms with Crippen molar-refractivity contribution in [2.24, 2.45) is 11.7 Å². The molecule has 23 heavy (non-hydrogen) atoms. The maximum Gasteiger partial charge on any atom is 0.305 e. The molecule has 0 radical (unpaired) electrons. The fraction of sp³-hybridized carbons (Fsp3) is 0.875. The maximum absolute atomic E-state index is 11.0. The van der Waals surface area contributed by atoms with Gasteiger partial charge in [-0.15, -0.1) is 11.8 Å². The van der Waals surface area contributed by atoms with Gasteiger partial charge in [0.25, 0.3) is 0 Å². The zero-order valence-electron chi connectivity index (χ0n) is 14.7. The van der Waals surface area contributed by atoms with Gasteiger partial charge in [0, 0.05) is 22.6 Å². The van der Waals surface area contributed by atoms with Crippen LogP contribution in [0.1, 0.15) is 47.0 Å². The molecule has 1 heterocycles. The minimum absolute atomic E-state index is 0.244. The summed E-state index contributed by atoms with van der Waals surface area (Å²) in [6.07, 6.45) is 1.49. The van der Waals surface area contributed by atoms with Gasteiger partial charge in [0.15, 0.2) is 0 Å². The Morgan fingerprint density at radius 3 is 2.35 bits per heavy atom. The zero-order chi connectivity index (χ0) is 17.8. The number of ether oxygens (including phenoxy) is 1. The molecule has 134 valence electrons. The molecule has 1 aliphatic rings. The van der Waals surface area contributed by atoms with Gasteiger partial charge in [-0.2, -0.15) is 0 Å². The van der Waals surface area contributed by atoms with E-state index in [-0.39, 0.29) is 22.0 Å². The number of nitrogens with two attached hydrogens (primary N) is 1. The molecule has 0 aromatic carbocycles. The Kier molecular flexibility index (Phi) is 7.07. The molecule has 1 aliphatic heterocycles. The first kappa shape index (κ1) is 20.4. The van der Waals surface area contributed by atoms with Crippen LogP contribution in [0.5, 0.6) is 0 Å². The van der Waals surface area contributed by atoms with E-state index in [2.05, 4.69) is 33.0 Å². The third-order valence-electron chi connectivity index (χ3n) is 4.57. The summed E-state index contributed by atoms with van der Waals surface area (Å²) < 4.78 is 5.81. The average molecular weight is 346 g/mol. The van der Waals surface area contributed by atoms with Crippen molar-refractivity contribution in [2.45, 2.75) is 74.8 Å². The highest BCUT2D eigenvalue weighted by Gasteiger charge is 2.53. The summed E-state index contributed by atoms with van der Waals surface area (Å²) in [7, 11) is 1.51. The van der Waals surface area contributed by atoms with Crippen LogP contribution >= 0.6 is 11.8 Å². The standard InChI is InChI=1S/C16H30N2O4S/c1-15(2)12(16(3,4)23-15)7-6-11(17)14(22-5)18-10(9-19)8-13(20)21/h9-12,14,18H,6-8,17H2,1-5H3,(H,20,21)/t10-,11?,14?/m0/s1. The molecule has 0 spiro atoms. The Bertz CT molecular complexity index is 414. The van der Waals surface area contributed by atoms with Gasteiger partial charge >= 0.3 is 5.97 Å². The van der Waals surface area contributed by atoms with E-state index >= 15 is 0 Å². The highest BCUT2D eigenvalue weighted by molar-refractivity contribution is 8.03. The van der Waals surface area contributed by atoms with Crippen molar-refractivity contribution in [1.82, 2.24) is 5.32 Å². The van der Waals surface area contributed by atoms with Crippen LogP contribution in [-0.2, 0) is 14.3 Å². The molecule has 0 aromatic heterocycles. The van der Waals surface area contributed by atoms with Crippen LogP contribution in [0.2, 0.25) is 0 Å². The van der Waals surface area contributed by atoms with Crippen molar-refractivity contribution in [2.75, 3.05) is 7.11 Å². The van der Waals surface area contributed by atoms with Crippen molar-refractivity contribution in [1.29, 1.82) is 0 Å². The summed E-state index contributed by atoms with van der Waals surface area (Å²) in [6.45, 7) is 9.00. The molecule has 0 amide bonds. The summed E-state index contributed by atoms with van der Waals surface area (Å²) >= 11 is 1.98. The van der Waals surface area contributed by atoms with E-state index in [1.807, 2.05) is 11.8 Å². The molecule has 7 heteroatoms. The average Bonchev–Trinajstić information content (AvgIpc) is 2.40. The number of carboxylic acid groups (broad SMARTS) is 1. The fourth-order valence-electron chi connectivity index (χ4n) is 3.72. The van der Waals surface area contributed by atoms with Crippen LogP contribution < -0.4 is 11.1 Å². The number of thioether (sulfide) groups is 1. The van der Waals surface area contributed by atoms with Crippen molar-refractivity contribution in [3.63, 3.8) is 0 Å². The summed E-state index contributed by atoms with van der Waals surface area (Å²) in [5.41, 5.74) is 6.21. The number of aldehydes is 1. The molecule has 2 unspecified atom stereocenters. The third kappa shape index (κ3) is 5.45. The van der Waals surface area contributed by atoms with Gasteiger partial charge in [0.05, 0.1) is 12.5 Å². The molecular weight excluding hydrogens is 316 g/mol. The smallest absolute Gasteiger partial charge is 0.305 e. The van der Waals surface area contributed by atoms with Crippen LogP contribution in [0.15, 0.2) is 0 Å². The first-order valence-corrected chi connectivity index (χ1v) is 8.77. The van der Waals surface area contributed by atoms with Gasteiger partial charge < -0.3 is 20.4 Å². The fourth-order valence-corrected chi connectivity index (χ4v) is 6.00. The molecule has 1 saturated heterocycles. The van der Waals surface area contributed by atoms with E-state index < -0.39 is 18.2 Å². The van der Waals surface area contributed by atoms with Gasteiger partial charge in [-0.25, -0.2) is 0 Å². The van der Waals surface area contributed by atoms with Crippen molar-refractivity contribution < 1.29 is 19.4 Å². The number of hydrogen-bond acceptors (Lipinski definition) is 6. The van der Waals surface area contributed by atoms with Crippen molar-refractivity contribution in [3.05, 3.63) is 0 Å². The molecule has 0 aliphatic carbocycles. The molecule has 6 nitrogen and oxygen atoms in total. The number of carbonyl (C=O) groups excluding carboxylic acids is 1. The summed E-state index contributed by atoms with van der Waals surface area (Å²) in [4.78, 5) is 21.7. The predicted molar refractivity (Wildman–Crippen MR) is 92.5 cm³/mol. The molecule has 0 aromatic rings. The molecule has 0 bridgehead atoms. The second-order valence-corrected chi connectivity index (χ2v) is 9.57. The quantitative estimate of drug-likeness (QED) is 0.408. The number of rotatable bonds is 10. The first-order valence-electron chi connectivity index (χ1n) is 7.95. The van der Waals surface area contributed by atoms with Crippen LogP contribution in [0, 0.1) is 5.92 Å². The van der Waals surface area contributed by atoms with E-state index in [0.717, 1.165) is 12.8 Å². The Morgan fingerprint density at radius 2 is 1.96 bits per heavy atom. The van der Waals surface area contributed by atoms with E-state index in [4.69, 9.17) is 15.6 Å². The molecule has 1 rings (SSSR count). The topological polar surface area (TPSA) is 102 Å². The van der Waals surface area contributed by atoms with E-state index in [9.17, 15) is 9.59 Å². The Hall–Kier alpha value is -0.630. The molecule has 4 N–H and O–H groups in total. The SMILES string of the molecule is COC(N[C@H](C=O)CC(=O)O)C(N)CCC1C(C)(C)SC1(C)C. The Labute approximate surface area is 142 Å². The minimum atomic E-state index is -1.03. The lowest BCUT2D eigenvalue weighted by atomic mass is 9.78. The third-order valence-corrected chi connectivity index (χ3v) is 6.19. The monoisotopic (exact) mass is 346 g/mol. The highest BCUT2D eigenvalue weighted by Crippen LogP contribution is 2.60. The maximum atomic E-state index is 11.0. The number of aliphatic carboxylic acids is 1. The minimum Gasteiger partial charge on any atom is -0.481 e. The van der Waals surface area contributed by atoms with Crippen LogP contribution in [0.25, 0.3) is 0 Å². The van der Waals surface area contributed by atoms with Gasteiger partial charge in [-0.3, -0.25) is 10.1 Å². The second kappa shape index (κ2) is 7.96. The Morgan fingerprint density at radius 1 is 1.39 bits per heavy atom. The van der Waals surface area contributed by atoms with Crippen LogP contribution in [0.4, 0.5) is 0 Å². The lowest BCUT2D eigenvalue weighted by Crippen LogP contribution is -2.55. The molecule has 1 fully saturated rings. The van der Waals surface area contributed by atoms with Crippen molar-refractivity contribution in [3.8, 4) is 0 Å². The van der Waals surface area contributed by atoms with Gasteiger partial charge in [-0.05, 0) is 18.8 Å². The summed E-state index contributed by atoms with van der Waals surface area (Å²) in [5.74, 6) is -0.475. The number of nitrogens with one attached hydrogen (secondary N) is 1. The number of methoxy groups -OCH3 is 1. The number of carboxylic acids is 1. The number of hydrogen-bond donors (Lipinski definition) is 3. The number of carbonyl (C=O) groups is 2. The summed E-state index contributed by atoms with van der Waals surface area (Å²) in [6, 6.07) is -1.09. The molecular formula is C16H30N2O4S. The van der Waals surface area contributed by atoms with E-state index in [1.54, 1.807) is 0 Å². The first-order chi connectivity index (χ1) is 10.5. The zero-order valence-corrected chi connectivity index (χ0v) is 15.5. The Balaban J connectivity index is 2.55. The normalized spacial score (nSPS) is 23.6. The van der Waals surface area contributed by atoms with Gasteiger partial charge in [0.1, 0.15) is 12.5 Å². The predicted octanol–water partition coefficient (Wildman–Crippen LogP) is 1.62. The molecule has 3 atom stereocenters. The molecule has 0 saturated carbocycles. The van der Waals surface area contributed by atoms with Crippen molar-refractivity contribution >= 4 is 24.0 Å². The van der Waals surface area contributed by atoms with Gasteiger partial charge in [0.2, 0.25) is 0 Å². The van der Waals surface area contributed by atoms with E-state index in [0.29, 0.717) is 12.2 Å². The lowest BCUT2D eigenvalue weighted by Gasteiger charge is -2.57. The highest BCUT2D eigenvalue weighted by atomic mass is 32.2. The van der Waals surface area contributed by atoms with Crippen LogP contribution in [0.3, 0.4) is 0 Å². The van der Waals surface area contributed by atoms with Crippen LogP contribution in [-0.4, -0.2) is 52.3 Å². The van der Waals surface area contributed by atoms with E-state index in [1.165, 1.54) is 7.11 Å². The largest absolute Gasteiger partial charge is 0.481 e.